The van der Waals surface area contributed by atoms with Gasteiger partial charge < -0.3 is 23.5 Å². The van der Waals surface area contributed by atoms with E-state index < -0.39 is 0 Å². The minimum absolute atomic E-state index is 0.212. The van der Waals surface area contributed by atoms with Gasteiger partial charge in [0.15, 0.2) is 0 Å². The largest absolute Gasteiger partial charge is 0.497 e. The summed E-state index contributed by atoms with van der Waals surface area (Å²) >= 11 is 0. The number of nitrogens with zero attached hydrogens (tertiary/aromatic N) is 2. The maximum absolute atomic E-state index is 11.9. The number of esters is 1. The molecule has 0 bridgehead atoms. The van der Waals surface area contributed by atoms with Crippen molar-refractivity contribution < 1.29 is 23.7 Å². The monoisotopic (exact) mass is 502 g/mol. The van der Waals surface area contributed by atoms with Crippen LogP contribution in [0, 0.1) is 0 Å². The first-order chi connectivity index (χ1) is 18.1. The van der Waals surface area contributed by atoms with Crippen LogP contribution in [-0.2, 0) is 36.0 Å². The fourth-order valence-corrected chi connectivity index (χ4v) is 4.16. The summed E-state index contributed by atoms with van der Waals surface area (Å²) in [5.74, 6) is 2.79. The molecular weight excluding hydrogens is 468 g/mol. The van der Waals surface area contributed by atoms with Crippen LogP contribution < -0.4 is 14.2 Å². The topological polar surface area (TPSA) is 71.8 Å². The second-order valence-corrected chi connectivity index (χ2v) is 8.74. The van der Waals surface area contributed by atoms with Gasteiger partial charge >= 0.3 is 5.97 Å². The number of benzene rings is 3. The number of fused-ring (bicyclic) bond motifs is 1. The first kappa shape index (κ1) is 26.1. The summed E-state index contributed by atoms with van der Waals surface area (Å²) in [5.41, 5.74) is 4.11. The molecule has 0 saturated heterocycles. The van der Waals surface area contributed by atoms with E-state index in [1.54, 1.807) is 7.11 Å². The van der Waals surface area contributed by atoms with Gasteiger partial charge in [0.2, 0.25) is 0 Å². The third-order valence-electron chi connectivity index (χ3n) is 6.20. The average molecular weight is 503 g/mol. The summed E-state index contributed by atoms with van der Waals surface area (Å²) < 4.78 is 24.7. The van der Waals surface area contributed by atoms with E-state index in [1.807, 2.05) is 73.1 Å². The molecule has 0 spiro atoms. The highest BCUT2D eigenvalue weighted by Crippen LogP contribution is 2.28. The number of imidazole rings is 1. The Labute approximate surface area is 217 Å². The molecule has 0 amide bonds. The van der Waals surface area contributed by atoms with Crippen LogP contribution in [-0.4, -0.2) is 35.8 Å². The smallest absolute Gasteiger partial charge is 0.306 e. The number of methoxy groups -OCH3 is 1. The Hall–Kier alpha value is -4.00. The van der Waals surface area contributed by atoms with Crippen molar-refractivity contribution in [2.45, 2.75) is 39.2 Å². The molecule has 0 unspecified atom stereocenters. The number of rotatable bonds is 13. The van der Waals surface area contributed by atoms with E-state index in [2.05, 4.69) is 12.1 Å². The van der Waals surface area contributed by atoms with Crippen molar-refractivity contribution in [3.05, 3.63) is 83.7 Å². The van der Waals surface area contributed by atoms with E-state index in [0.717, 1.165) is 46.8 Å². The van der Waals surface area contributed by atoms with Crippen molar-refractivity contribution in [2.24, 2.45) is 7.05 Å². The number of hydrogen-bond donors (Lipinski definition) is 0. The highest BCUT2D eigenvalue weighted by atomic mass is 16.5. The number of carbonyl (C=O) groups excluding carboxylic acids is 1. The molecule has 0 aliphatic rings. The summed E-state index contributed by atoms with van der Waals surface area (Å²) in [6.07, 6.45) is 2.67. The molecule has 4 rings (SSSR count). The van der Waals surface area contributed by atoms with E-state index in [-0.39, 0.29) is 5.97 Å². The number of aromatic nitrogens is 2. The summed E-state index contributed by atoms with van der Waals surface area (Å²) in [4.78, 5) is 16.6. The fourth-order valence-electron chi connectivity index (χ4n) is 4.16. The molecule has 7 nitrogen and oxygen atoms in total. The van der Waals surface area contributed by atoms with Crippen LogP contribution in [0.5, 0.6) is 17.2 Å². The molecule has 194 valence electrons. The van der Waals surface area contributed by atoms with E-state index in [1.165, 1.54) is 5.56 Å². The van der Waals surface area contributed by atoms with Gasteiger partial charge in [0, 0.05) is 25.6 Å². The van der Waals surface area contributed by atoms with Gasteiger partial charge in [-0.15, -0.1) is 0 Å². The van der Waals surface area contributed by atoms with Crippen LogP contribution in [0.1, 0.15) is 36.7 Å². The van der Waals surface area contributed by atoms with Gasteiger partial charge in [-0.3, -0.25) is 4.79 Å². The lowest BCUT2D eigenvalue weighted by molar-refractivity contribution is -0.143. The number of aryl methyl sites for hydroxylation is 3. The van der Waals surface area contributed by atoms with Crippen molar-refractivity contribution in [3.63, 3.8) is 0 Å². The standard InChI is InChI=1S/C30H34N2O5/c1-4-35-30(33)17-13-23-12-14-25(20-28(23)36-18-8-11-22-9-6-5-7-10-22)37-21-29-31-26-16-15-24(34-3)19-27(26)32(29)2/h5-7,9-10,12,14-16,19-20H,4,8,11,13,17-18,21H2,1-3H3. The summed E-state index contributed by atoms with van der Waals surface area (Å²) in [6.45, 7) is 3.07. The molecule has 3 aromatic carbocycles. The van der Waals surface area contributed by atoms with Gasteiger partial charge in [0.05, 0.1) is 31.4 Å². The zero-order valence-electron chi connectivity index (χ0n) is 21.7. The SMILES string of the molecule is CCOC(=O)CCc1ccc(OCc2nc3ccc(OC)cc3n2C)cc1OCCCc1ccccc1. The maximum atomic E-state index is 11.9. The zero-order chi connectivity index (χ0) is 26.0. The fraction of sp³-hybridized carbons (Fsp3) is 0.333. The molecule has 1 heterocycles. The lowest BCUT2D eigenvalue weighted by Gasteiger charge is -2.14. The lowest BCUT2D eigenvalue weighted by atomic mass is 10.1. The van der Waals surface area contributed by atoms with Gasteiger partial charge in [-0.25, -0.2) is 4.98 Å². The number of carbonyl (C=O) groups is 1. The van der Waals surface area contributed by atoms with Gasteiger partial charge in [-0.2, -0.15) is 0 Å². The molecular formula is C30H34N2O5. The Balaban J connectivity index is 1.44. The number of hydrogen-bond acceptors (Lipinski definition) is 6. The van der Waals surface area contributed by atoms with Gasteiger partial charge in [-0.1, -0.05) is 36.4 Å². The highest BCUT2D eigenvalue weighted by Gasteiger charge is 2.13. The van der Waals surface area contributed by atoms with E-state index in [4.69, 9.17) is 23.9 Å². The summed E-state index contributed by atoms with van der Waals surface area (Å²) in [5, 5.41) is 0. The predicted molar refractivity (Wildman–Crippen MR) is 143 cm³/mol. The first-order valence-electron chi connectivity index (χ1n) is 12.6. The highest BCUT2D eigenvalue weighted by molar-refractivity contribution is 5.77. The first-order valence-corrected chi connectivity index (χ1v) is 12.6. The normalized spacial score (nSPS) is 10.9. The Morgan fingerprint density at radius 3 is 2.54 bits per heavy atom. The summed E-state index contributed by atoms with van der Waals surface area (Å²) in [6, 6.07) is 21.9. The molecule has 1 aromatic heterocycles. The van der Waals surface area contributed by atoms with Crippen LogP contribution in [0.3, 0.4) is 0 Å². The maximum Gasteiger partial charge on any atom is 0.306 e. The zero-order valence-corrected chi connectivity index (χ0v) is 21.7. The van der Waals surface area contributed by atoms with Gasteiger partial charge in [0.1, 0.15) is 29.7 Å². The quantitative estimate of drug-likeness (QED) is 0.173. The van der Waals surface area contributed by atoms with Crippen LogP contribution in [0.2, 0.25) is 0 Å². The van der Waals surface area contributed by atoms with E-state index in [0.29, 0.717) is 38.4 Å². The Bertz CT molecular complexity index is 1320. The van der Waals surface area contributed by atoms with Crippen LogP contribution in [0.15, 0.2) is 66.7 Å². The lowest BCUT2D eigenvalue weighted by Crippen LogP contribution is -2.08. The molecule has 0 atom stereocenters. The minimum atomic E-state index is -0.212. The molecule has 0 N–H and O–H groups in total. The number of ether oxygens (including phenoxy) is 4. The predicted octanol–water partition coefficient (Wildman–Crippen LogP) is 5.67. The van der Waals surface area contributed by atoms with Crippen molar-refractivity contribution >= 4 is 17.0 Å². The molecule has 0 saturated carbocycles. The minimum Gasteiger partial charge on any atom is -0.497 e. The third-order valence-corrected chi connectivity index (χ3v) is 6.20. The molecule has 0 radical (unpaired) electrons. The van der Waals surface area contributed by atoms with Crippen LogP contribution in [0.25, 0.3) is 11.0 Å². The third kappa shape index (κ3) is 7.03. The second-order valence-electron chi connectivity index (χ2n) is 8.74. The van der Waals surface area contributed by atoms with Crippen molar-refractivity contribution in [1.82, 2.24) is 9.55 Å². The summed E-state index contributed by atoms with van der Waals surface area (Å²) in [7, 11) is 3.62. The van der Waals surface area contributed by atoms with Crippen molar-refractivity contribution in [1.29, 1.82) is 0 Å². The molecule has 0 fully saturated rings. The van der Waals surface area contributed by atoms with Crippen LogP contribution in [0.4, 0.5) is 0 Å². The average Bonchev–Trinajstić information content (AvgIpc) is 3.24. The molecule has 0 aliphatic heterocycles. The molecule has 37 heavy (non-hydrogen) atoms. The Morgan fingerprint density at radius 2 is 1.76 bits per heavy atom. The van der Waals surface area contributed by atoms with Crippen molar-refractivity contribution in [3.8, 4) is 17.2 Å². The van der Waals surface area contributed by atoms with E-state index in [9.17, 15) is 4.79 Å². The van der Waals surface area contributed by atoms with E-state index >= 15 is 0 Å². The van der Waals surface area contributed by atoms with Gasteiger partial charge in [-0.05, 0) is 55.5 Å². The van der Waals surface area contributed by atoms with Gasteiger partial charge in [0.25, 0.3) is 0 Å². The molecule has 7 heteroatoms. The molecule has 0 aliphatic carbocycles. The Kier molecular flexibility index (Phi) is 9.03. The van der Waals surface area contributed by atoms with Crippen molar-refractivity contribution in [2.75, 3.05) is 20.3 Å². The van der Waals surface area contributed by atoms with Crippen LogP contribution >= 0.6 is 0 Å². The molecule has 4 aromatic rings. The Morgan fingerprint density at radius 1 is 0.946 bits per heavy atom. The second kappa shape index (κ2) is 12.8.